The van der Waals surface area contributed by atoms with E-state index in [1.165, 1.54) is 31.0 Å². The molecule has 3 rings (SSSR count). The summed E-state index contributed by atoms with van der Waals surface area (Å²) >= 11 is 7.66. The number of halogens is 1. The molecule has 0 aliphatic heterocycles. The fourth-order valence-electron chi connectivity index (χ4n) is 2.48. The maximum absolute atomic E-state index is 3.93. The monoisotopic (exact) mass is 364 g/mol. The molecule has 0 saturated carbocycles. The number of rotatable bonds is 4. The minimum atomic E-state index is 0.313. The Morgan fingerprint density at radius 3 is 2.60 bits per heavy atom. The Morgan fingerprint density at radius 2 is 1.90 bits per heavy atom. The van der Waals surface area contributed by atoms with Gasteiger partial charge in [-0.25, -0.2) is 0 Å². The summed E-state index contributed by atoms with van der Waals surface area (Å²) in [5.74, 6) is 0. The standard InChI is InChI=1S/C17H17BrS2/c1-3-11-5-6-12(4-2)13(9-11)17(18)16-10-15-14(20-16)7-8-19-15/h5-10,17H,3-4H2,1-2H3. The zero-order valence-corrected chi connectivity index (χ0v) is 14.9. The van der Waals surface area contributed by atoms with Gasteiger partial charge in [-0.15, -0.1) is 22.7 Å². The molecule has 0 saturated heterocycles. The quantitative estimate of drug-likeness (QED) is 0.459. The van der Waals surface area contributed by atoms with E-state index in [0.29, 0.717) is 4.83 Å². The molecule has 0 aliphatic carbocycles. The Bertz CT molecular complexity index is 695. The third kappa shape index (κ3) is 2.59. The number of aryl methyl sites for hydroxylation is 2. The molecule has 104 valence electrons. The molecular weight excluding hydrogens is 348 g/mol. The molecule has 20 heavy (non-hydrogen) atoms. The van der Waals surface area contributed by atoms with E-state index in [9.17, 15) is 0 Å². The normalized spacial score (nSPS) is 12.9. The lowest BCUT2D eigenvalue weighted by molar-refractivity contribution is 1.04. The van der Waals surface area contributed by atoms with E-state index in [0.717, 1.165) is 12.8 Å². The molecule has 0 spiro atoms. The second-order valence-corrected chi connectivity index (χ2v) is 7.88. The highest BCUT2D eigenvalue weighted by Gasteiger charge is 2.17. The molecule has 0 nitrogen and oxygen atoms in total. The predicted octanol–water partition coefficient (Wildman–Crippen LogP) is 6.57. The summed E-state index contributed by atoms with van der Waals surface area (Å²) in [6.45, 7) is 4.45. The van der Waals surface area contributed by atoms with Crippen molar-refractivity contribution in [1.82, 2.24) is 0 Å². The van der Waals surface area contributed by atoms with Gasteiger partial charge in [0.05, 0.1) is 4.83 Å². The van der Waals surface area contributed by atoms with Gasteiger partial charge in [-0.2, -0.15) is 0 Å². The second kappa shape index (κ2) is 6.00. The van der Waals surface area contributed by atoms with Crippen LogP contribution in [0.25, 0.3) is 9.40 Å². The zero-order valence-electron chi connectivity index (χ0n) is 11.7. The third-order valence-corrected chi connectivity index (χ3v) is 7.13. The van der Waals surface area contributed by atoms with E-state index in [1.54, 1.807) is 0 Å². The first-order valence-electron chi connectivity index (χ1n) is 6.95. The van der Waals surface area contributed by atoms with Crippen molar-refractivity contribution in [2.75, 3.05) is 0 Å². The first kappa shape index (κ1) is 14.3. The summed E-state index contributed by atoms with van der Waals surface area (Å²) in [7, 11) is 0. The minimum Gasteiger partial charge on any atom is -0.143 e. The van der Waals surface area contributed by atoms with Crippen LogP contribution in [0.15, 0.2) is 35.7 Å². The Morgan fingerprint density at radius 1 is 1.05 bits per heavy atom. The van der Waals surface area contributed by atoms with E-state index >= 15 is 0 Å². The maximum atomic E-state index is 3.93. The number of hydrogen-bond acceptors (Lipinski definition) is 2. The van der Waals surface area contributed by atoms with Gasteiger partial charge in [0.25, 0.3) is 0 Å². The van der Waals surface area contributed by atoms with Crippen molar-refractivity contribution in [3.05, 3.63) is 57.3 Å². The van der Waals surface area contributed by atoms with Gasteiger partial charge in [0.1, 0.15) is 0 Å². The summed E-state index contributed by atoms with van der Waals surface area (Å²) in [6.07, 6.45) is 2.18. The average Bonchev–Trinajstić information content (AvgIpc) is 3.07. The van der Waals surface area contributed by atoms with Crippen LogP contribution >= 0.6 is 38.6 Å². The highest BCUT2D eigenvalue weighted by atomic mass is 79.9. The maximum Gasteiger partial charge on any atom is 0.0741 e. The fourth-order valence-corrected chi connectivity index (χ4v) is 5.44. The van der Waals surface area contributed by atoms with Crippen molar-refractivity contribution in [2.24, 2.45) is 0 Å². The summed E-state index contributed by atoms with van der Waals surface area (Å²) < 4.78 is 2.80. The lowest BCUT2D eigenvalue weighted by Crippen LogP contribution is -1.98. The van der Waals surface area contributed by atoms with Crippen molar-refractivity contribution in [3.8, 4) is 0 Å². The first-order valence-corrected chi connectivity index (χ1v) is 9.56. The lowest BCUT2D eigenvalue weighted by Gasteiger charge is -2.14. The molecule has 0 fully saturated rings. The molecule has 3 heteroatoms. The zero-order chi connectivity index (χ0) is 14.1. The first-order chi connectivity index (χ1) is 9.72. The second-order valence-electron chi connectivity index (χ2n) is 4.90. The van der Waals surface area contributed by atoms with E-state index in [4.69, 9.17) is 0 Å². The van der Waals surface area contributed by atoms with Crippen molar-refractivity contribution in [1.29, 1.82) is 0 Å². The predicted molar refractivity (Wildman–Crippen MR) is 95.7 cm³/mol. The molecule has 0 bridgehead atoms. The van der Waals surface area contributed by atoms with E-state index in [-0.39, 0.29) is 0 Å². The molecule has 1 unspecified atom stereocenters. The lowest BCUT2D eigenvalue weighted by atomic mass is 9.98. The van der Waals surface area contributed by atoms with E-state index in [1.807, 2.05) is 22.7 Å². The molecule has 1 aromatic carbocycles. The van der Waals surface area contributed by atoms with Crippen LogP contribution in [0, 0.1) is 0 Å². The van der Waals surface area contributed by atoms with Crippen LogP contribution in [0.4, 0.5) is 0 Å². The summed E-state index contributed by atoms with van der Waals surface area (Å²) in [6, 6.07) is 11.5. The smallest absolute Gasteiger partial charge is 0.0741 e. The molecule has 2 aromatic heterocycles. The van der Waals surface area contributed by atoms with Gasteiger partial charge in [-0.1, -0.05) is 48.0 Å². The Labute approximate surface area is 136 Å². The molecule has 3 aromatic rings. The van der Waals surface area contributed by atoms with Gasteiger partial charge < -0.3 is 0 Å². The number of alkyl halides is 1. The molecule has 0 radical (unpaired) electrons. The molecule has 0 N–H and O–H groups in total. The van der Waals surface area contributed by atoms with Crippen molar-refractivity contribution in [2.45, 2.75) is 31.5 Å². The van der Waals surface area contributed by atoms with Gasteiger partial charge in [0.15, 0.2) is 0 Å². The topological polar surface area (TPSA) is 0 Å². The summed E-state index contributed by atoms with van der Waals surface area (Å²) in [4.78, 5) is 1.73. The van der Waals surface area contributed by atoms with E-state index in [2.05, 4.69) is 65.5 Å². The van der Waals surface area contributed by atoms with Crippen LogP contribution < -0.4 is 0 Å². The number of fused-ring (bicyclic) bond motifs is 1. The van der Waals surface area contributed by atoms with Gasteiger partial charge in [-0.3, -0.25) is 0 Å². The largest absolute Gasteiger partial charge is 0.143 e. The van der Waals surface area contributed by atoms with Gasteiger partial charge in [0.2, 0.25) is 0 Å². The molecular formula is C17H17BrS2. The highest BCUT2D eigenvalue weighted by molar-refractivity contribution is 9.09. The number of thiophene rings is 2. The van der Waals surface area contributed by atoms with Crippen LogP contribution in [0.5, 0.6) is 0 Å². The number of hydrogen-bond donors (Lipinski definition) is 0. The Balaban J connectivity index is 2.04. The van der Waals surface area contributed by atoms with Crippen LogP contribution in [-0.2, 0) is 12.8 Å². The number of benzene rings is 1. The summed E-state index contributed by atoms with van der Waals surface area (Å²) in [5, 5.41) is 2.17. The van der Waals surface area contributed by atoms with Gasteiger partial charge in [-0.05, 0) is 47.0 Å². The van der Waals surface area contributed by atoms with Crippen molar-refractivity contribution >= 4 is 48.0 Å². The van der Waals surface area contributed by atoms with Crippen LogP contribution in [-0.4, -0.2) is 0 Å². The Kier molecular flexibility index (Phi) is 4.29. The molecule has 0 amide bonds. The summed E-state index contributed by atoms with van der Waals surface area (Å²) in [5.41, 5.74) is 4.29. The van der Waals surface area contributed by atoms with E-state index < -0.39 is 0 Å². The van der Waals surface area contributed by atoms with Gasteiger partial charge >= 0.3 is 0 Å². The average molecular weight is 365 g/mol. The molecule has 2 heterocycles. The third-order valence-electron chi connectivity index (χ3n) is 3.68. The minimum absolute atomic E-state index is 0.313. The highest BCUT2D eigenvalue weighted by Crippen LogP contribution is 2.41. The SMILES string of the molecule is CCc1ccc(CC)c(C(Br)c2cc3sccc3s2)c1. The van der Waals surface area contributed by atoms with Crippen LogP contribution in [0.2, 0.25) is 0 Å². The Hall–Kier alpha value is -0.640. The van der Waals surface area contributed by atoms with Crippen molar-refractivity contribution < 1.29 is 0 Å². The van der Waals surface area contributed by atoms with Crippen LogP contribution in [0.1, 0.15) is 40.2 Å². The fraction of sp³-hybridized carbons (Fsp3) is 0.294. The van der Waals surface area contributed by atoms with Gasteiger partial charge in [0, 0.05) is 14.3 Å². The molecule has 0 aliphatic rings. The molecule has 1 atom stereocenters. The van der Waals surface area contributed by atoms with Crippen LogP contribution in [0.3, 0.4) is 0 Å². The van der Waals surface area contributed by atoms with Crippen molar-refractivity contribution in [3.63, 3.8) is 0 Å².